The lowest BCUT2D eigenvalue weighted by molar-refractivity contribution is 0.117. The molecule has 84 valence electrons. The van der Waals surface area contributed by atoms with E-state index < -0.39 is 0 Å². The summed E-state index contributed by atoms with van der Waals surface area (Å²) in [5, 5.41) is 0. The molecule has 0 unspecified atom stereocenters. The first-order valence-corrected chi connectivity index (χ1v) is 6.23. The maximum absolute atomic E-state index is 3.40. The van der Waals surface area contributed by atoms with Crippen LogP contribution < -0.4 is 0 Å². The molecule has 0 bridgehead atoms. The largest absolute Gasteiger partial charge is 0.365 e. The van der Waals surface area contributed by atoms with Crippen LogP contribution in [0.5, 0.6) is 0 Å². The van der Waals surface area contributed by atoms with E-state index in [1.807, 2.05) is 0 Å². The molecule has 0 amide bonds. The van der Waals surface area contributed by atoms with Crippen molar-refractivity contribution in [3.8, 4) is 0 Å². The number of hydrogen-bond donors (Lipinski definition) is 1. The Morgan fingerprint density at radius 1 is 1.33 bits per heavy atom. The molecule has 1 aliphatic heterocycles. The van der Waals surface area contributed by atoms with Crippen LogP contribution in [0, 0.1) is 0 Å². The highest BCUT2D eigenvalue weighted by Gasteiger charge is 2.31. The molecule has 0 aromatic carbocycles. The number of H-pyrrole nitrogens is 1. The normalized spacial score (nSPS) is 26.6. The van der Waals surface area contributed by atoms with E-state index >= 15 is 0 Å². The molecular weight excluding hydrogens is 184 g/mol. The quantitative estimate of drug-likeness (QED) is 0.805. The molecule has 15 heavy (non-hydrogen) atoms. The number of nitrogens with zero attached hydrogens (tertiary/aromatic N) is 1. The van der Waals surface area contributed by atoms with Gasteiger partial charge in [-0.1, -0.05) is 20.8 Å². The highest BCUT2D eigenvalue weighted by molar-refractivity contribution is 5.28. The molecule has 0 spiro atoms. The molecule has 1 aromatic rings. The Bertz CT molecular complexity index is 316. The van der Waals surface area contributed by atoms with Gasteiger partial charge in [0.05, 0.1) is 0 Å². The maximum atomic E-state index is 3.40. The van der Waals surface area contributed by atoms with Gasteiger partial charge < -0.3 is 4.98 Å². The average Bonchev–Trinajstić information content (AvgIpc) is 2.73. The average molecular weight is 206 g/mol. The Hall–Kier alpha value is -0.760. The standard InChI is InChI=1S/C13H22N2/c1-4-10-9-12-11(7-8-14-12)13(5-2)15(10)6-3/h7-8,10,13-14H,4-6,9H2,1-3H3/t10-,13-/m0/s1. The number of aromatic nitrogens is 1. The summed E-state index contributed by atoms with van der Waals surface area (Å²) in [6, 6.07) is 3.62. The molecule has 0 radical (unpaired) electrons. The van der Waals surface area contributed by atoms with E-state index in [4.69, 9.17) is 0 Å². The lowest BCUT2D eigenvalue weighted by atomic mass is 9.91. The minimum absolute atomic E-state index is 0.634. The van der Waals surface area contributed by atoms with Crippen LogP contribution >= 0.6 is 0 Å². The zero-order valence-corrected chi connectivity index (χ0v) is 10.1. The van der Waals surface area contributed by atoms with E-state index in [0.717, 1.165) is 6.04 Å². The van der Waals surface area contributed by atoms with Gasteiger partial charge in [-0.2, -0.15) is 0 Å². The summed E-state index contributed by atoms with van der Waals surface area (Å²) in [5.74, 6) is 0. The zero-order chi connectivity index (χ0) is 10.8. The molecule has 2 nitrogen and oxygen atoms in total. The highest BCUT2D eigenvalue weighted by atomic mass is 15.2. The third-order valence-electron chi connectivity index (χ3n) is 3.76. The lowest BCUT2D eigenvalue weighted by Crippen LogP contribution is -2.42. The summed E-state index contributed by atoms with van der Waals surface area (Å²) in [6.07, 6.45) is 5.76. The topological polar surface area (TPSA) is 19.0 Å². The van der Waals surface area contributed by atoms with E-state index in [2.05, 4.69) is 42.9 Å². The van der Waals surface area contributed by atoms with Crippen molar-refractivity contribution in [2.45, 2.75) is 52.1 Å². The Balaban J connectivity index is 2.33. The number of aromatic amines is 1. The van der Waals surface area contributed by atoms with E-state index in [0.29, 0.717) is 6.04 Å². The number of likely N-dealkylation sites (N-methyl/N-ethyl adjacent to an activating group) is 1. The van der Waals surface area contributed by atoms with Crippen molar-refractivity contribution in [1.29, 1.82) is 0 Å². The smallest absolute Gasteiger partial charge is 0.0366 e. The monoisotopic (exact) mass is 206 g/mol. The fourth-order valence-electron chi connectivity index (χ4n) is 3.00. The molecule has 1 aromatic heterocycles. The van der Waals surface area contributed by atoms with Crippen molar-refractivity contribution in [3.05, 3.63) is 23.5 Å². The lowest BCUT2D eigenvalue weighted by Gasteiger charge is -2.41. The van der Waals surface area contributed by atoms with Crippen molar-refractivity contribution in [1.82, 2.24) is 9.88 Å². The van der Waals surface area contributed by atoms with Crippen LogP contribution in [0.15, 0.2) is 12.3 Å². The van der Waals surface area contributed by atoms with Gasteiger partial charge in [-0.05, 0) is 31.0 Å². The molecule has 0 aliphatic carbocycles. The Labute approximate surface area is 92.7 Å². The van der Waals surface area contributed by atoms with Crippen LogP contribution in [0.1, 0.15) is 50.9 Å². The second-order valence-electron chi connectivity index (χ2n) is 4.43. The fraction of sp³-hybridized carbons (Fsp3) is 0.692. The summed E-state index contributed by atoms with van der Waals surface area (Å²) in [5.41, 5.74) is 3.00. The number of fused-ring (bicyclic) bond motifs is 1. The van der Waals surface area contributed by atoms with E-state index in [1.54, 1.807) is 0 Å². The van der Waals surface area contributed by atoms with Crippen molar-refractivity contribution in [2.75, 3.05) is 6.54 Å². The molecule has 0 saturated carbocycles. The summed E-state index contributed by atoms with van der Waals surface area (Å²) in [4.78, 5) is 6.07. The van der Waals surface area contributed by atoms with Crippen molar-refractivity contribution in [3.63, 3.8) is 0 Å². The van der Waals surface area contributed by atoms with Crippen LogP contribution in [0.4, 0.5) is 0 Å². The maximum Gasteiger partial charge on any atom is 0.0366 e. The first-order chi connectivity index (χ1) is 7.31. The first-order valence-electron chi connectivity index (χ1n) is 6.23. The van der Waals surface area contributed by atoms with Crippen LogP contribution in [-0.2, 0) is 6.42 Å². The van der Waals surface area contributed by atoms with E-state index in [-0.39, 0.29) is 0 Å². The number of rotatable bonds is 3. The SMILES string of the molecule is CC[C@H]1Cc2[nH]ccc2[C@H](CC)N1CC. The summed E-state index contributed by atoms with van der Waals surface area (Å²) < 4.78 is 0. The second kappa shape index (κ2) is 4.40. The first kappa shape index (κ1) is 10.7. The van der Waals surface area contributed by atoms with Gasteiger partial charge in [0.1, 0.15) is 0 Å². The van der Waals surface area contributed by atoms with Crippen LogP contribution in [-0.4, -0.2) is 22.5 Å². The Kier molecular flexibility index (Phi) is 3.15. The van der Waals surface area contributed by atoms with Gasteiger partial charge in [-0.3, -0.25) is 4.90 Å². The molecule has 1 N–H and O–H groups in total. The summed E-state index contributed by atoms with van der Waals surface area (Å²) in [7, 11) is 0. The van der Waals surface area contributed by atoms with Gasteiger partial charge in [0.25, 0.3) is 0 Å². The van der Waals surface area contributed by atoms with Crippen LogP contribution in [0.25, 0.3) is 0 Å². The van der Waals surface area contributed by atoms with Gasteiger partial charge in [0, 0.05) is 30.4 Å². The molecule has 2 atom stereocenters. The number of nitrogens with one attached hydrogen (secondary N) is 1. The number of hydrogen-bond acceptors (Lipinski definition) is 1. The third-order valence-corrected chi connectivity index (χ3v) is 3.76. The highest BCUT2D eigenvalue weighted by Crippen LogP contribution is 2.35. The van der Waals surface area contributed by atoms with Gasteiger partial charge in [0.15, 0.2) is 0 Å². The molecule has 0 saturated heterocycles. The molecule has 2 rings (SSSR count). The predicted octanol–water partition coefficient (Wildman–Crippen LogP) is 3.12. The van der Waals surface area contributed by atoms with Gasteiger partial charge >= 0.3 is 0 Å². The van der Waals surface area contributed by atoms with Crippen LogP contribution in [0.2, 0.25) is 0 Å². The van der Waals surface area contributed by atoms with Gasteiger partial charge in [-0.25, -0.2) is 0 Å². The molecule has 0 fully saturated rings. The molecule has 2 heteroatoms. The van der Waals surface area contributed by atoms with Gasteiger partial charge in [-0.15, -0.1) is 0 Å². The van der Waals surface area contributed by atoms with Crippen LogP contribution in [0.3, 0.4) is 0 Å². The Morgan fingerprint density at radius 2 is 2.13 bits per heavy atom. The van der Waals surface area contributed by atoms with E-state index in [1.165, 1.54) is 37.1 Å². The third kappa shape index (κ3) is 1.71. The molecule has 2 heterocycles. The fourth-order valence-corrected chi connectivity index (χ4v) is 3.00. The minimum Gasteiger partial charge on any atom is -0.365 e. The Morgan fingerprint density at radius 3 is 2.73 bits per heavy atom. The molecule has 1 aliphatic rings. The van der Waals surface area contributed by atoms with Gasteiger partial charge in [0.2, 0.25) is 0 Å². The summed E-state index contributed by atoms with van der Waals surface area (Å²) in [6.45, 7) is 8.04. The second-order valence-corrected chi connectivity index (χ2v) is 4.43. The van der Waals surface area contributed by atoms with Crippen molar-refractivity contribution < 1.29 is 0 Å². The van der Waals surface area contributed by atoms with Crippen molar-refractivity contribution in [2.24, 2.45) is 0 Å². The van der Waals surface area contributed by atoms with Crippen molar-refractivity contribution >= 4 is 0 Å². The zero-order valence-electron chi connectivity index (χ0n) is 10.1. The minimum atomic E-state index is 0.634. The molecular formula is C13H22N2. The predicted molar refractivity (Wildman–Crippen MR) is 64.0 cm³/mol. The van der Waals surface area contributed by atoms with E-state index in [9.17, 15) is 0 Å². The summed E-state index contributed by atoms with van der Waals surface area (Å²) >= 11 is 0.